The Morgan fingerprint density at radius 3 is 2.50 bits per heavy atom. The Hall–Kier alpha value is -2.69. The van der Waals surface area contributed by atoms with Crippen molar-refractivity contribution < 1.29 is 4.79 Å². The molecule has 0 bridgehead atoms. The van der Waals surface area contributed by atoms with E-state index in [1.807, 2.05) is 41.3 Å². The fourth-order valence-corrected chi connectivity index (χ4v) is 3.60. The second-order valence-electron chi connectivity index (χ2n) is 6.48. The van der Waals surface area contributed by atoms with Crippen molar-refractivity contribution in [2.24, 2.45) is 0 Å². The van der Waals surface area contributed by atoms with Crippen molar-refractivity contribution in [1.29, 1.82) is 0 Å². The topological polar surface area (TPSA) is 50.5 Å². The van der Waals surface area contributed by atoms with Crippen molar-refractivity contribution in [3.8, 4) is 11.3 Å². The van der Waals surface area contributed by atoms with Gasteiger partial charge < -0.3 is 4.90 Å². The summed E-state index contributed by atoms with van der Waals surface area (Å²) in [6, 6.07) is 12.5. The molecule has 2 aromatic heterocycles. The highest BCUT2D eigenvalue weighted by molar-refractivity contribution is 6.00. The van der Waals surface area contributed by atoms with E-state index in [9.17, 15) is 4.79 Å². The molecule has 1 fully saturated rings. The highest BCUT2D eigenvalue weighted by Crippen LogP contribution is 2.27. The summed E-state index contributed by atoms with van der Waals surface area (Å²) < 4.78 is 1.76. The van der Waals surface area contributed by atoms with Crippen molar-refractivity contribution in [3.05, 3.63) is 54.4 Å². The first-order valence-electron chi connectivity index (χ1n) is 8.37. The lowest BCUT2D eigenvalue weighted by molar-refractivity contribution is 0.0694. The number of carbonyl (C=O) groups is 1. The number of carbonyl (C=O) groups excluding carboxylic acids is 1. The maximum atomic E-state index is 13.0. The molecule has 5 heteroatoms. The molecular formula is C19H20N4O. The Kier molecular flexibility index (Phi) is 3.56. The van der Waals surface area contributed by atoms with Crippen LogP contribution in [0.2, 0.25) is 0 Å². The van der Waals surface area contributed by atoms with Gasteiger partial charge in [-0.3, -0.25) is 4.79 Å². The third-order valence-corrected chi connectivity index (χ3v) is 4.89. The van der Waals surface area contributed by atoms with Gasteiger partial charge in [-0.1, -0.05) is 30.3 Å². The zero-order valence-electron chi connectivity index (χ0n) is 13.9. The van der Waals surface area contributed by atoms with Crippen molar-refractivity contribution in [2.45, 2.75) is 38.8 Å². The number of aromatic nitrogens is 3. The second-order valence-corrected chi connectivity index (χ2v) is 6.48. The monoisotopic (exact) mass is 320 g/mol. The number of hydrogen-bond acceptors (Lipinski definition) is 3. The summed E-state index contributed by atoms with van der Waals surface area (Å²) in [5.41, 5.74) is 3.18. The molecule has 0 aliphatic carbocycles. The lowest BCUT2D eigenvalue weighted by atomic mass is 10.1. The van der Waals surface area contributed by atoms with Crippen molar-refractivity contribution in [2.75, 3.05) is 0 Å². The van der Waals surface area contributed by atoms with Crippen LogP contribution >= 0.6 is 0 Å². The second kappa shape index (κ2) is 5.74. The molecule has 1 aromatic carbocycles. The van der Waals surface area contributed by atoms with E-state index in [-0.39, 0.29) is 18.0 Å². The van der Waals surface area contributed by atoms with Crippen LogP contribution < -0.4 is 0 Å². The molecule has 122 valence electrons. The van der Waals surface area contributed by atoms with E-state index in [4.69, 9.17) is 0 Å². The molecule has 3 heterocycles. The van der Waals surface area contributed by atoms with E-state index in [1.165, 1.54) is 0 Å². The minimum Gasteiger partial charge on any atom is -0.333 e. The molecule has 0 unspecified atom stereocenters. The first kappa shape index (κ1) is 14.9. The van der Waals surface area contributed by atoms with Gasteiger partial charge in [-0.05, 0) is 32.8 Å². The molecule has 0 radical (unpaired) electrons. The van der Waals surface area contributed by atoms with Crippen molar-refractivity contribution in [3.63, 3.8) is 0 Å². The Morgan fingerprint density at radius 2 is 1.79 bits per heavy atom. The minimum absolute atomic E-state index is 0.0280. The Balaban J connectivity index is 1.80. The zero-order chi connectivity index (χ0) is 16.7. The van der Waals surface area contributed by atoms with Crippen molar-refractivity contribution >= 4 is 11.6 Å². The van der Waals surface area contributed by atoms with Crippen LogP contribution in [0.4, 0.5) is 0 Å². The first-order chi connectivity index (χ1) is 11.7. The maximum absolute atomic E-state index is 13.0. The van der Waals surface area contributed by atoms with E-state index in [0.29, 0.717) is 11.2 Å². The number of amides is 1. The normalized spacial score (nSPS) is 20.7. The molecule has 24 heavy (non-hydrogen) atoms. The van der Waals surface area contributed by atoms with Crippen LogP contribution in [0.15, 0.2) is 48.8 Å². The third kappa shape index (κ3) is 2.28. The van der Waals surface area contributed by atoms with Crippen LogP contribution in [0.1, 0.15) is 37.0 Å². The molecule has 2 atom stereocenters. The lowest BCUT2D eigenvalue weighted by Crippen LogP contribution is -2.38. The Labute approximate surface area is 140 Å². The van der Waals surface area contributed by atoms with Gasteiger partial charge in [0.1, 0.15) is 5.56 Å². The molecule has 1 aliphatic heterocycles. The molecule has 0 saturated carbocycles. The predicted octanol–water partition coefficient (Wildman–Crippen LogP) is 3.41. The van der Waals surface area contributed by atoms with E-state index in [0.717, 1.165) is 24.1 Å². The SMILES string of the molecule is C[C@@H]1CC[C@@H](C)N1C(=O)c1cnn2c(-c3ccccc3)ccnc12. The van der Waals surface area contributed by atoms with E-state index in [1.54, 1.807) is 16.9 Å². The molecule has 5 nitrogen and oxygen atoms in total. The zero-order valence-corrected chi connectivity index (χ0v) is 13.9. The molecule has 1 aliphatic rings. The summed E-state index contributed by atoms with van der Waals surface area (Å²) in [5.74, 6) is 0.0280. The largest absolute Gasteiger partial charge is 0.333 e. The fourth-order valence-electron chi connectivity index (χ4n) is 3.60. The van der Waals surface area contributed by atoms with Gasteiger partial charge in [0.05, 0.1) is 11.9 Å². The van der Waals surface area contributed by atoms with Gasteiger partial charge in [0.2, 0.25) is 0 Å². The van der Waals surface area contributed by atoms with Gasteiger partial charge >= 0.3 is 0 Å². The molecule has 0 spiro atoms. The molecule has 3 aromatic rings. The van der Waals surface area contributed by atoms with Crippen LogP contribution in [0.5, 0.6) is 0 Å². The fraction of sp³-hybridized carbons (Fsp3) is 0.316. The predicted molar refractivity (Wildman–Crippen MR) is 92.8 cm³/mol. The van der Waals surface area contributed by atoms with Gasteiger partial charge in [0.15, 0.2) is 5.65 Å². The minimum atomic E-state index is 0.0280. The maximum Gasteiger partial charge on any atom is 0.259 e. The van der Waals surface area contributed by atoms with E-state index >= 15 is 0 Å². The van der Waals surface area contributed by atoms with Gasteiger partial charge in [0, 0.05) is 23.8 Å². The number of hydrogen-bond donors (Lipinski definition) is 0. The number of nitrogens with zero attached hydrogens (tertiary/aromatic N) is 4. The lowest BCUT2D eigenvalue weighted by Gasteiger charge is -2.25. The molecule has 1 amide bonds. The van der Waals surface area contributed by atoms with Crippen LogP contribution in [0.3, 0.4) is 0 Å². The molecular weight excluding hydrogens is 300 g/mol. The summed E-state index contributed by atoms with van der Waals surface area (Å²) in [6.45, 7) is 4.21. The van der Waals surface area contributed by atoms with Crippen LogP contribution in [-0.2, 0) is 0 Å². The Bertz CT molecular complexity index is 877. The smallest absolute Gasteiger partial charge is 0.259 e. The van der Waals surface area contributed by atoms with Crippen LogP contribution in [0.25, 0.3) is 16.9 Å². The van der Waals surface area contributed by atoms with E-state index < -0.39 is 0 Å². The molecule has 4 rings (SSSR count). The molecule has 0 N–H and O–H groups in total. The molecule has 1 saturated heterocycles. The summed E-state index contributed by atoms with van der Waals surface area (Å²) in [6.07, 6.45) is 5.49. The third-order valence-electron chi connectivity index (χ3n) is 4.89. The van der Waals surface area contributed by atoms with Gasteiger partial charge in [0.25, 0.3) is 5.91 Å². The first-order valence-corrected chi connectivity index (χ1v) is 8.37. The van der Waals surface area contributed by atoms with Crippen LogP contribution in [-0.4, -0.2) is 37.5 Å². The van der Waals surface area contributed by atoms with Gasteiger partial charge in [-0.25, -0.2) is 9.50 Å². The quantitative estimate of drug-likeness (QED) is 0.727. The Morgan fingerprint density at radius 1 is 1.08 bits per heavy atom. The average molecular weight is 320 g/mol. The van der Waals surface area contributed by atoms with Gasteiger partial charge in [-0.15, -0.1) is 0 Å². The average Bonchev–Trinajstić information content (AvgIpc) is 3.18. The highest BCUT2D eigenvalue weighted by atomic mass is 16.2. The standard InChI is InChI=1S/C19H20N4O/c1-13-8-9-14(2)22(13)19(24)16-12-21-23-17(10-11-20-18(16)23)15-6-4-3-5-7-15/h3-7,10-14H,8-9H2,1-2H3/t13-,14-/m1/s1. The summed E-state index contributed by atoms with van der Waals surface area (Å²) in [4.78, 5) is 19.4. The van der Waals surface area contributed by atoms with E-state index in [2.05, 4.69) is 23.9 Å². The number of rotatable bonds is 2. The number of benzene rings is 1. The summed E-state index contributed by atoms with van der Waals surface area (Å²) in [5, 5.41) is 4.44. The van der Waals surface area contributed by atoms with Crippen molar-refractivity contribution in [1.82, 2.24) is 19.5 Å². The van der Waals surface area contributed by atoms with Crippen LogP contribution in [0, 0.1) is 0 Å². The number of fused-ring (bicyclic) bond motifs is 1. The summed E-state index contributed by atoms with van der Waals surface area (Å²) in [7, 11) is 0. The van der Waals surface area contributed by atoms with Gasteiger partial charge in [-0.2, -0.15) is 5.10 Å². The summed E-state index contributed by atoms with van der Waals surface area (Å²) >= 11 is 0. The number of likely N-dealkylation sites (tertiary alicyclic amines) is 1. The highest BCUT2D eigenvalue weighted by Gasteiger charge is 2.33.